The van der Waals surface area contributed by atoms with Crippen molar-refractivity contribution in [3.63, 3.8) is 0 Å². The standard InChI is InChI=1S/C20H26ClN3O2S/c1-15-19(16-5-7-17(21)8-6-16)27(25,26)22-20(15)24-13-9-18(10-14-24)23-11-3-2-4-12-23/h5-8,18H,2-4,9-14H2,1H3. The van der Waals surface area contributed by atoms with E-state index in [1.807, 2.05) is 6.92 Å². The zero-order chi connectivity index (χ0) is 19.0. The van der Waals surface area contributed by atoms with Crippen LogP contribution in [0.1, 0.15) is 44.6 Å². The predicted octanol–water partition coefficient (Wildman–Crippen LogP) is 3.76. The first-order valence-corrected chi connectivity index (χ1v) is 11.6. The van der Waals surface area contributed by atoms with Gasteiger partial charge in [0.2, 0.25) is 0 Å². The van der Waals surface area contributed by atoms with Gasteiger partial charge in [0.25, 0.3) is 10.0 Å². The maximum Gasteiger partial charge on any atom is 0.285 e. The first kappa shape index (κ1) is 19.0. The summed E-state index contributed by atoms with van der Waals surface area (Å²) < 4.78 is 29.6. The van der Waals surface area contributed by atoms with Crippen LogP contribution in [0.4, 0.5) is 0 Å². The molecule has 3 aliphatic heterocycles. The van der Waals surface area contributed by atoms with Crippen LogP contribution in [0.2, 0.25) is 5.02 Å². The Morgan fingerprint density at radius 2 is 1.63 bits per heavy atom. The highest BCUT2D eigenvalue weighted by molar-refractivity contribution is 8.00. The van der Waals surface area contributed by atoms with E-state index in [9.17, 15) is 8.42 Å². The molecule has 2 saturated heterocycles. The van der Waals surface area contributed by atoms with Crippen molar-refractivity contribution in [2.75, 3.05) is 26.2 Å². The average molecular weight is 408 g/mol. The molecule has 0 spiro atoms. The molecule has 0 amide bonds. The van der Waals surface area contributed by atoms with Crippen LogP contribution in [0.5, 0.6) is 0 Å². The Bertz CT molecular complexity index is 863. The van der Waals surface area contributed by atoms with Gasteiger partial charge in [-0.2, -0.15) is 8.42 Å². The lowest BCUT2D eigenvalue weighted by Gasteiger charge is -2.40. The molecule has 4 rings (SSSR count). The highest BCUT2D eigenvalue weighted by atomic mass is 35.5. The van der Waals surface area contributed by atoms with Crippen molar-refractivity contribution < 1.29 is 8.42 Å². The third-order valence-electron chi connectivity index (χ3n) is 5.92. The van der Waals surface area contributed by atoms with E-state index in [0.29, 0.717) is 27.4 Å². The van der Waals surface area contributed by atoms with Crippen LogP contribution in [0, 0.1) is 0 Å². The first-order valence-electron chi connectivity index (χ1n) is 9.77. The number of halogens is 1. The molecule has 0 N–H and O–H groups in total. The van der Waals surface area contributed by atoms with Gasteiger partial charge in [-0.15, -0.1) is 4.40 Å². The van der Waals surface area contributed by atoms with E-state index in [0.717, 1.165) is 31.5 Å². The second-order valence-corrected chi connectivity index (χ2v) is 9.64. The van der Waals surface area contributed by atoms with Crippen LogP contribution in [-0.4, -0.2) is 56.3 Å². The molecule has 0 radical (unpaired) electrons. The molecule has 0 bridgehead atoms. The minimum absolute atomic E-state index is 0.312. The molecule has 0 atom stereocenters. The molecule has 0 saturated carbocycles. The summed E-state index contributed by atoms with van der Waals surface area (Å²) in [6.07, 6.45) is 6.10. The maximum absolute atomic E-state index is 12.7. The molecule has 2 fully saturated rings. The zero-order valence-corrected chi connectivity index (χ0v) is 17.3. The second kappa shape index (κ2) is 7.57. The molecule has 3 aliphatic rings. The summed E-state index contributed by atoms with van der Waals surface area (Å²) in [4.78, 5) is 5.08. The minimum Gasteiger partial charge on any atom is -0.356 e. The summed E-state index contributed by atoms with van der Waals surface area (Å²) in [7, 11) is -3.66. The SMILES string of the molecule is CC1=C(c2ccc(Cl)cc2)S(=O)(=O)N=C1N1CCC(N2CCCCC2)CC1. The van der Waals surface area contributed by atoms with Gasteiger partial charge in [-0.3, -0.25) is 0 Å². The van der Waals surface area contributed by atoms with Crippen molar-refractivity contribution in [1.29, 1.82) is 0 Å². The van der Waals surface area contributed by atoms with Gasteiger partial charge in [0.15, 0.2) is 0 Å². The highest BCUT2D eigenvalue weighted by Gasteiger charge is 2.35. The summed E-state index contributed by atoms with van der Waals surface area (Å²) in [5, 5.41) is 0.591. The van der Waals surface area contributed by atoms with Crippen molar-refractivity contribution in [3.8, 4) is 0 Å². The average Bonchev–Trinajstić information content (AvgIpc) is 2.92. The summed E-state index contributed by atoms with van der Waals surface area (Å²) in [6.45, 7) is 6.00. The summed E-state index contributed by atoms with van der Waals surface area (Å²) in [5.74, 6) is 0.622. The lowest BCUT2D eigenvalue weighted by atomic mass is 9.99. The molecular weight excluding hydrogens is 382 g/mol. The highest BCUT2D eigenvalue weighted by Crippen LogP contribution is 2.35. The Hall–Kier alpha value is -1.37. The predicted molar refractivity (Wildman–Crippen MR) is 110 cm³/mol. The van der Waals surface area contributed by atoms with Gasteiger partial charge < -0.3 is 9.80 Å². The minimum atomic E-state index is -3.66. The number of amidine groups is 1. The largest absolute Gasteiger partial charge is 0.356 e. The lowest BCUT2D eigenvalue weighted by molar-refractivity contribution is 0.115. The molecule has 1 aromatic rings. The van der Waals surface area contributed by atoms with Crippen molar-refractivity contribution in [1.82, 2.24) is 9.80 Å². The number of hydrogen-bond acceptors (Lipinski definition) is 4. The van der Waals surface area contributed by atoms with E-state index in [-0.39, 0.29) is 0 Å². The molecule has 0 unspecified atom stereocenters. The van der Waals surface area contributed by atoms with E-state index >= 15 is 0 Å². The third-order valence-corrected chi connectivity index (χ3v) is 7.64. The number of sulfonamides is 1. The van der Waals surface area contributed by atoms with Crippen LogP contribution in [0.15, 0.2) is 34.2 Å². The number of nitrogens with zero attached hydrogens (tertiary/aromatic N) is 3. The van der Waals surface area contributed by atoms with Gasteiger partial charge >= 0.3 is 0 Å². The van der Waals surface area contributed by atoms with Crippen molar-refractivity contribution in [2.24, 2.45) is 4.40 Å². The summed E-state index contributed by atoms with van der Waals surface area (Å²) in [5.41, 5.74) is 1.40. The monoisotopic (exact) mass is 407 g/mol. The normalized spacial score (nSPS) is 24.4. The van der Waals surface area contributed by atoms with Crippen LogP contribution < -0.4 is 0 Å². The molecule has 7 heteroatoms. The smallest absolute Gasteiger partial charge is 0.285 e. The molecule has 3 heterocycles. The maximum atomic E-state index is 12.7. The second-order valence-electron chi connectivity index (χ2n) is 7.67. The molecule has 146 valence electrons. The number of rotatable bonds is 2. The zero-order valence-electron chi connectivity index (χ0n) is 15.7. The summed E-state index contributed by atoms with van der Waals surface area (Å²) in [6, 6.07) is 7.56. The molecular formula is C20H26ClN3O2S. The number of benzene rings is 1. The van der Waals surface area contributed by atoms with Gasteiger partial charge in [-0.05, 0) is 63.4 Å². The molecule has 27 heavy (non-hydrogen) atoms. The van der Waals surface area contributed by atoms with Crippen LogP contribution >= 0.6 is 11.6 Å². The van der Waals surface area contributed by atoms with E-state index in [1.165, 1.54) is 32.4 Å². The fourth-order valence-corrected chi connectivity index (χ4v) is 6.12. The van der Waals surface area contributed by atoms with Crippen molar-refractivity contribution in [2.45, 2.75) is 45.1 Å². The van der Waals surface area contributed by atoms with E-state index in [2.05, 4.69) is 14.2 Å². The fourth-order valence-electron chi connectivity index (χ4n) is 4.51. The summed E-state index contributed by atoms with van der Waals surface area (Å²) >= 11 is 5.95. The van der Waals surface area contributed by atoms with Crippen molar-refractivity contribution in [3.05, 3.63) is 40.4 Å². The fraction of sp³-hybridized carbons (Fsp3) is 0.550. The Labute approximate surface area is 166 Å². The topological polar surface area (TPSA) is 53.0 Å². The Morgan fingerprint density at radius 3 is 2.26 bits per heavy atom. The van der Waals surface area contributed by atoms with Crippen LogP contribution in [-0.2, 0) is 10.0 Å². The van der Waals surface area contributed by atoms with Crippen molar-refractivity contribution >= 4 is 32.4 Å². The van der Waals surface area contributed by atoms with Gasteiger partial charge in [-0.1, -0.05) is 30.2 Å². The van der Waals surface area contributed by atoms with Gasteiger partial charge in [-0.25, -0.2) is 0 Å². The van der Waals surface area contributed by atoms with Gasteiger partial charge in [0, 0.05) is 29.7 Å². The Balaban J connectivity index is 1.52. The van der Waals surface area contributed by atoms with Gasteiger partial charge in [0.05, 0.1) is 0 Å². The molecule has 5 nitrogen and oxygen atoms in total. The number of piperidine rings is 2. The molecule has 1 aromatic carbocycles. The quantitative estimate of drug-likeness (QED) is 0.748. The number of hydrogen-bond donors (Lipinski definition) is 0. The lowest BCUT2D eigenvalue weighted by Crippen LogP contribution is -2.48. The van der Waals surface area contributed by atoms with Gasteiger partial charge in [0.1, 0.15) is 10.7 Å². The molecule has 0 aromatic heterocycles. The van der Waals surface area contributed by atoms with Crippen LogP contribution in [0.3, 0.4) is 0 Å². The Morgan fingerprint density at radius 1 is 1.00 bits per heavy atom. The third kappa shape index (κ3) is 3.80. The Kier molecular flexibility index (Phi) is 5.32. The van der Waals surface area contributed by atoms with E-state index in [1.54, 1.807) is 24.3 Å². The van der Waals surface area contributed by atoms with E-state index < -0.39 is 10.0 Å². The first-order chi connectivity index (χ1) is 13.0. The molecule has 0 aliphatic carbocycles. The number of likely N-dealkylation sites (tertiary alicyclic amines) is 2. The van der Waals surface area contributed by atoms with E-state index in [4.69, 9.17) is 11.6 Å². The van der Waals surface area contributed by atoms with Crippen LogP contribution in [0.25, 0.3) is 4.91 Å².